The summed E-state index contributed by atoms with van der Waals surface area (Å²) in [6.07, 6.45) is 4.05. The first kappa shape index (κ1) is 20.1. The zero-order valence-corrected chi connectivity index (χ0v) is 16.5. The van der Waals surface area contributed by atoms with E-state index < -0.39 is 0 Å². The number of methoxy groups -OCH3 is 1. The molecule has 0 atom stereocenters. The lowest BCUT2D eigenvalue weighted by molar-refractivity contribution is -0.117. The number of halogens is 1. The van der Waals surface area contributed by atoms with Gasteiger partial charge in [0.05, 0.1) is 18.7 Å². The van der Waals surface area contributed by atoms with Gasteiger partial charge in [-0.2, -0.15) is 0 Å². The molecule has 28 heavy (non-hydrogen) atoms. The molecule has 3 rings (SSSR count). The Bertz CT molecular complexity index is 831. The molecule has 1 aliphatic heterocycles. The van der Waals surface area contributed by atoms with Crippen LogP contribution in [0.5, 0.6) is 5.75 Å². The van der Waals surface area contributed by atoms with E-state index in [4.69, 9.17) is 16.3 Å². The SMILES string of the molecule is COc1ccc(NC(=O)CN2CCCN(C(=O)c3ccncc3)CC2)cc1Cl. The monoisotopic (exact) mass is 402 g/mol. The van der Waals surface area contributed by atoms with Crippen molar-refractivity contribution >= 4 is 29.1 Å². The number of benzene rings is 1. The second kappa shape index (κ2) is 9.52. The van der Waals surface area contributed by atoms with Crippen LogP contribution in [0.3, 0.4) is 0 Å². The molecule has 1 N–H and O–H groups in total. The van der Waals surface area contributed by atoms with E-state index >= 15 is 0 Å². The van der Waals surface area contributed by atoms with Crippen molar-refractivity contribution < 1.29 is 14.3 Å². The van der Waals surface area contributed by atoms with Gasteiger partial charge in [-0.25, -0.2) is 0 Å². The highest BCUT2D eigenvalue weighted by molar-refractivity contribution is 6.32. The van der Waals surface area contributed by atoms with Crippen molar-refractivity contribution in [3.8, 4) is 5.75 Å². The number of amides is 2. The van der Waals surface area contributed by atoms with Crippen LogP contribution >= 0.6 is 11.6 Å². The Kier molecular flexibility index (Phi) is 6.84. The molecule has 0 radical (unpaired) electrons. The van der Waals surface area contributed by atoms with Crippen LogP contribution < -0.4 is 10.1 Å². The third-order valence-corrected chi connectivity index (χ3v) is 4.90. The molecule has 148 valence electrons. The third kappa shape index (κ3) is 5.21. The summed E-state index contributed by atoms with van der Waals surface area (Å²) in [7, 11) is 1.54. The van der Waals surface area contributed by atoms with Gasteiger partial charge in [0.1, 0.15) is 5.75 Å². The summed E-state index contributed by atoms with van der Waals surface area (Å²) in [5.74, 6) is 0.447. The van der Waals surface area contributed by atoms with Gasteiger partial charge < -0.3 is 15.0 Å². The van der Waals surface area contributed by atoms with Crippen LogP contribution in [-0.2, 0) is 4.79 Å². The van der Waals surface area contributed by atoms with Crippen molar-refractivity contribution in [3.63, 3.8) is 0 Å². The summed E-state index contributed by atoms with van der Waals surface area (Å²) < 4.78 is 5.11. The molecule has 1 aromatic carbocycles. The zero-order valence-electron chi connectivity index (χ0n) is 15.7. The van der Waals surface area contributed by atoms with Gasteiger partial charge >= 0.3 is 0 Å². The van der Waals surface area contributed by atoms with Crippen LogP contribution in [0.15, 0.2) is 42.7 Å². The molecule has 0 spiro atoms. The number of nitrogens with one attached hydrogen (secondary N) is 1. The second-order valence-electron chi connectivity index (χ2n) is 6.56. The highest BCUT2D eigenvalue weighted by atomic mass is 35.5. The number of ether oxygens (including phenoxy) is 1. The summed E-state index contributed by atoms with van der Waals surface area (Å²) in [5.41, 5.74) is 1.26. The minimum Gasteiger partial charge on any atom is -0.495 e. The minimum atomic E-state index is -0.116. The highest BCUT2D eigenvalue weighted by Gasteiger charge is 2.21. The van der Waals surface area contributed by atoms with Crippen molar-refractivity contribution in [2.24, 2.45) is 0 Å². The molecular weight excluding hydrogens is 380 g/mol. The molecular formula is C20H23ClN4O3. The van der Waals surface area contributed by atoms with Gasteiger partial charge in [0.25, 0.3) is 5.91 Å². The number of rotatable bonds is 5. The Balaban J connectivity index is 1.52. The fraction of sp³-hybridized carbons (Fsp3) is 0.350. The number of carbonyl (C=O) groups excluding carboxylic acids is 2. The van der Waals surface area contributed by atoms with Crippen LogP contribution in [0.2, 0.25) is 5.02 Å². The number of hydrogen-bond donors (Lipinski definition) is 1. The standard InChI is InChI=1S/C20H23ClN4O3/c1-28-18-4-3-16(13-17(18)21)23-19(26)14-24-9-2-10-25(12-11-24)20(27)15-5-7-22-8-6-15/h3-8,13H,2,9-12,14H2,1H3,(H,23,26). The number of hydrogen-bond acceptors (Lipinski definition) is 5. The van der Waals surface area contributed by atoms with Crippen molar-refractivity contribution in [3.05, 3.63) is 53.3 Å². The van der Waals surface area contributed by atoms with Crippen LogP contribution in [0.1, 0.15) is 16.8 Å². The molecule has 2 amide bonds. The summed E-state index contributed by atoms with van der Waals surface area (Å²) in [4.78, 5) is 32.8. The highest BCUT2D eigenvalue weighted by Crippen LogP contribution is 2.27. The van der Waals surface area contributed by atoms with E-state index in [0.29, 0.717) is 41.7 Å². The number of aromatic nitrogens is 1. The number of pyridine rings is 1. The lowest BCUT2D eigenvalue weighted by Gasteiger charge is -2.21. The molecule has 2 aromatic rings. The Labute approximate surface area is 169 Å². The summed E-state index contributed by atoms with van der Waals surface area (Å²) >= 11 is 6.09. The molecule has 1 fully saturated rings. The molecule has 8 heteroatoms. The van der Waals surface area contributed by atoms with Crippen LogP contribution in [0.25, 0.3) is 0 Å². The lowest BCUT2D eigenvalue weighted by Crippen LogP contribution is -2.38. The molecule has 0 bridgehead atoms. The molecule has 0 unspecified atom stereocenters. The van der Waals surface area contributed by atoms with E-state index in [2.05, 4.69) is 15.2 Å². The number of nitrogens with zero attached hydrogens (tertiary/aromatic N) is 3. The molecule has 1 saturated heterocycles. The third-order valence-electron chi connectivity index (χ3n) is 4.61. The lowest BCUT2D eigenvalue weighted by atomic mass is 10.2. The predicted molar refractivity (Wildman–Crippen MR) is 108 cm³/mol. The first-order valence-electron chi connectivity index (χ1n) is 9.12. The van der Waals surface area contributed by atoms with Crippen LogP contribution in [0, 0.1) is 0 Å². The summed E-state index contributed by atoms with van der Waals surface area (Å²) in [5, 5.41) is 3.30. The van der Waals surface area contributed by atoms with Gasteiger partial charge in [-0.05, 0) is 36.8 Å². The van der Waals surface area contributed by atoms with E-state index in [-0.39, 0.29) is 18.4 Å². The van der Waals surface area contributed by atoms with Crippen molar-refractivity contribution in [2.45, 2.75) is 6.42 Å². The maximum absolute atomic E-state index is 12.6. The van der Waals surface area contributed by atoms with Gasteiger partial charge in [-0.1, -0.05) is 11.6 Å². The summed E-state index contributed by atoms with van der Waals surface area (Å²) in [6, 6.07) is 8.57. The molecule has 1 aliphatic rings. The predicted octanol–water partition coefficient (Wildman–Crippen LogP) is 2.53. The van der Waals surface area contributed by atoms with E-state index in [0.717, 1.165) is 13.0 Å². The Morgan fingerprint density at radius 3 is 2.64 bits per heavy atom. The number of carbonyl (C=O) groups is 2. The van der Waals surface area contributed by atoms with E-state index in [1.54, 1.807) is 49.8 Å². The Morgan fingerprint density at radius 2 is 1.93 bits per heavy atom. The maximum Gasteiger partial charge on any atom is 0.254 e. The fourth-order valence-corrected chi connectivity index (χ4v) is 3.41. The first-order chi connectivity index (χ1) is 13.6. The first-order valence-corrected chi connectivity index (χ1v) is 9.49. The number of anilines is 1. The normalized spacial score (nSPS) is 15.0. The smallest absolute Gasteiger partial charge is 0.254 e. The van der Waals surface area contributed by atoms with E-state index in [1.165, 1.54) is 0 Å². The van der Waals surface area contributed by atoms with Gasteiger partial charge in [-0.15, -0.1) is 0 Å². The average molecular weight is 403 g/mol. The van der Waals surface area contributed by atoms with Crippen molar-refractivity contribution in [2.75, 3.05) is 45.2 Å². The zero-order chi connectivity index (χ0) is 19.9. The molecule has 0 saturated carbocycles. The van der Waals surface area contributed by atoms with E-state index in [9.17, 15) is 9.59 Å². The van der Waals surface area contributed by atoms with Gasteiger partial charge in [0.15, 0.2) is 0 Å². The Morgan fingerprint density at radius 1 is 1.14 bits per heavy atom. The van der Waals surface area contributed by atoms with Crippen molar-refractivity contribution in [1.82, 2.24) is 14.8 Å². The topological polar surface area (TPSA) is 74.8 Å². The van der Waals surface area contributed by atoms with Crippen LogP contribution in [0.4, 0.5) is 5.69 Å². The van der Waals surface area contributed by atoms with Crippen molar-refractivity contribution in [1.29, 1.82) is 0 Å². The Hall–Kier alpha value is -2.64. The molecule has 2 heterocycles. The van der Waals surface area contributed by atoms with Gasteiger partial charge in [0, 0.05) is 49.8 Å². The minimum absolute atomic E-state index is 0.00146. The largest absolute Gasteiger partial charge is 0.495 e. The second-order valence-corrected chi connectivity index (χ2v) is 6.96. The summed E-state index contributed by atoms with van der Waals surface area (Å²) in [6.45, 7) is 2.93. The van der Waals surface area contributed by atoms with Gasteiger partial charge in [-0.3, -0.25) is 19.5 Å². The molecule has 0 aliphatic carbocycles. The molecule has 1 aromatic heterocycles. The quantitative estimate of drug-likeness (QED) is 0.831. The van der Waals surface area contributed by atoms with Crippen LogP contribution in [-0.4, -0.2) is 66.4 Å². The van der Waals surface area contributed by atoms with Gasteiger partial charge in [0.2, 0.25) is 5.91 Å². The molecule has 7 nitrogen and oxygen atoms in total. The average Bonchev–Trinajstić information content (AvgIpc) is 2.94. The van der Waals surface area contributed by atoms with E-state index in [1.807, 2.05) is 4.90 Å². The fourth-order valence-electron chi connectivity index (χ4n) is 3.16. The maximum atomic E-state index is 12.6.